The lowest BCUT2D eigenvalue weighted by Crippen LogP contribution is -2.38. The van der Waals surface area contributed by atoms with E-state index < -0.39 is 0 Å². The molecule has 2 rings (SSSR count). The average Bonchev–Trinajstić information content (AvgIpc) is 3.14. The minimum absolute atomic E-state index is 0.203. The fourth-order valence-corrected chi connectivity index (χ4v) is 2.90. The van der Waals surface area contributed by atoms with Gasteiger partial charge in [0.05, 0.1) is 0 Å². The van der Waals surface area contributed by atoms with Crippen LogP contribution in [0, 0.1) is 0 Å². The minimum atomic E-state index is 0.203. The standard InChI is InChI=1S/C12H23N3OS/c16-12(14-11-1-2-11)3-4-13-5-6-15-7-9-17-10-8-15/h11,13H,1-10H2,(H,14,16). The highest BCUT2D eigenvalue weighted by Gasteiger charge is 2.22. The van der Waals surface area contributed by atoms with Gasteiger partial charge in [-0.2, -0.15) is 11.8 Å². The van der Waals surface area contributed by atoms with Crippen LogP contribution in [0.1, 0.15) is 19.3 Å². The van der Waals surface area contributed by atoms with Crippen LogP contribution in [0.2, 0.25) is 0 Å². The van der Waals surface area contributed by atoms with E-state index in [1.165, 1.54) is 37.4 Å². The van der Waals surface area contributed by atoms with Crippen molar-refractivity contribution < 1.29 is 4.79 Å². The maximum Gasteiger partial charge on any atom is 0.221 e. The largest absolute Gasteiger partial charge is 0.353 e. The molecule has 5 heteroatoms. The van der Waals surface area contributed by atoms with E-state index >= 15 is 0 Å². The maximum atomic E-state index is 11.4. The van der Waals surface area contributed by atoms with Gasteiger partial charge in [0.25, 0.3) is 0 Å². The van der Waals surface area contributed by atoms with Gasteiger partial charge in [0.15, 0.2) is 0 Å². The summed E-state index contributed by atoms with van der Waals surface area (Å²) in [5.41, 5.74) is 0. The zero-order valence-corrected chi connectivity index (χ0v) is 11.2. The van der Waals surface area contributed by atoms with Crippen molar-refractivity contribution in [2.45, 2.75) is 25.3 Å². The highest BCUT2D eigenvalue weighted by Crippen LogP contribution is 2.18. The van der Waals surface area contributed by atoms with Gasteiger partial charge in [-0.1, -0.05) is 0 Å². The Bertz CT molecular complexity index is 240. The molecule has 0 radical (unpaired) electrons. The van der Waals surface area contributed by atoms with Crippen LogP contribution in [0.25, 0.3) is 0 Å². The van der Waals surface area contributed by atoms with Gasteiger partial charge < -0.3 is 15.5 Å². The van der Waals surface area contributed by atoms with Crippen molar-refractivity contribution in [3.8, 4) is 0 Å². The molecule has 2 aliphatic rings. The number of amides is 1. The predicted octanol–water partition coefficient (Wildman–Crippen LogP) is 0.294. The number of thioether (sulfide) groups is 1. The second-order valence-corrected chi connectivity index (χ2v) is 6.02. The first-order valence-electron chi connectivity index (χ1n) is 6.65. The zero-order chi connectivity index (χ0) is 11.9. The van der Waals surface area contributed by atoms with Crippen LogP contribution in [0.5, 0.6) is 0 Å². The molecule has 1 heterocycles. The maximum absolute atomic E-state index is 11.4. The summed E-state index contributed by atoms with van der Waals surface area (Å²) in [6.45, 7) is 5.36. The van der Waals surface area contributed by atoms with E-state index in [9.17, 15) is 4.79 Å². The predicted molar refractivity (Wildman–Crippen MR) is 72.4 cm³/mol. The molecule has 0 bridgehead atoms. The average molecular weight is 257 g/mol. The van der Waals surface area contributed by atoms with Crippen LogP contribution in [0.3, 0.4) is 0 Å². The molecule has 1 saturated heterocycles. The number of rotatable bonds is 7. The van der Waals surface area contributed by atoms with E-state index in [4.69, 9.17) is 0 Å². The summed E-state index contributed by atoms with van der Waals surface area (Å²) in [5.74, 6) is 2.74. The number of hydrogen-bond donors (Lipinski definition) is 2. The second-order valence-electron chi connectivity index (χ2n) is 4.80. The van der Waals surface area contributed by atoms with E-state index in [1.807, 2.05) is 11.8 Å². The fourth-order valence-electron chi connectivity index (χ4n) is 1.92. The molecule has 17 heavy (non-hydrogen) atoms. The third-order valence-corrected chi connectivity index (χ3v) is 4.12. The lowest BCUT2D eigenvalue weighted by molar-refractivity contribution is -0.121. The number of nitrogens with one attached hydrogen (secondary N) is 2. The molecule has 2 N–H and O–H groups in total. The summed E-state index contributed by atoms with van der Waals surface area (Å²) >= 11 is 2.04. The van der Waals surface area contributed by atoms with Crippen molar-refractivity contribution in [1.29, 1.82) is 0 Å². The number of carbonyl (C=O) groups is 1. The summed E-state index contributed by atoms with van der Waals surface area (Å²) in [5, 5.41) is 6.35. The monoisotopic (exact) mass is 257 g/mol. The topological polar surface area (TPSA) is 44.4 Å². The van der Waals surface area contributed by atoms with Gasteiger partial charge in [0, 0.05) is 56.7 Å². The van der Waals surface area contributed by atoms with Crippen LogP contribution in [-0.2, 0) is 4.79 Å². The summed E-state index contributed by atoms with van der Waals surface area (Å²) in [7, 11) is 0. The van der Waals surface area contributed by atoms with Gasteiger partial charge >= 0.3 is 0 Å². The second kappa shape index (κ2) is 7.24. The zero-order valence-electron chi connectivity index (χ0n) is 10.4. The van der Waals surface area contributed by atoms with E-state index in [-0.39, 0.29) is 5.91 Å². The Balaban J connectivity index is 1.41. The fraction of sp³-hybridized carbons (Fsp3) is 0.917. The van der Waals surface area contributed by atoms with E-state index in [1.54, 1.807) is 0 Å². The molecule has 0 spiro atoms. The van der Waals surface area contributed by atoms with Gasteiger partial charge in [0.1, 0.15) is 0 Å². The summed E-state index contributed by atoms with van der Waals surface area (Å²) in [4.78, 5) is 13.9. The molecule has 0 aromatic carbocycles. The lowest BCUT2D eigenvalue weighted by Gasteiger charge is -2.26. The minimum Gasteiger partial charge on any atom is -0.353 e. The summed E-state index contributed by atoms with van der Waals surface area (Å²) in [6.07, 6.45) is 2.96. The molecule has 0 aromatic heterocycles. The number of hydrogen-bond acceptors (Lipinski definition) is 4. The Kier molecular flexibility index (Phi) is 5.61. The SMILES string of the molecule is O=C(CCNCCN1CCSCC1)NC1CC1. The third kappa shape index (κ3) is 5.75. The van der Waals surface area contributed by atoms with Crippen molar-refractivity contribution in [3.05, 3.63) is 0 Å². The molecule has 0 atom stereocenters. The molecule has 2 fully saturated rings. The molecule has 1 amide bonds. The quantitative estimate of drug-likeness (QED) is 0.644. The van der Waals surface area contributed by atoms with Crippen LogP contribution in [-0.4, -0.2) is 61.1 Å². The van der Waals surface area contributed by atoms with Crippen molar-refractivity contribution in [2.75, 3.05) is 44.2 Å². The highest BCUT2D eigenvalue weighted by atomic mass is 32.2. The van der Waals surface area contributed by atoms with E-state index in [2.05, 4.69) is 15.5 Å². The molecule has 1 saturated carbocycles. The summed E-state index contributed by atoms with van der Waals surface area (Å²) < 4.78 is 0. The van der Waals surface area contributed by atoms with E-state index in [0.29, 0.717) is 12.5 Å². The third-order valence-electron chi connectivity index (χ3n) is 3.18. The lowest BCUT2D eigenvalue weighted by atomic mass is 10.4. The van der Waals surface area contributed by atoms with Crippen molar-refractivity contribution in [1.82, 2.24) is 15.5 Å². The number of nitrogens with zero attached hydrogens (tertiary/aromatic N) is 1. The summed E-state index contributed by atoms with van der Waals surface area (Å²) in [6, 6.07) is 0.494. The first kappa shape index (κ1) is 13.2. The van der Waals surface area contributed by atoms with Gasteiger partial charge in [0.2, 0.25) is 5.91 Å². The molecule has 1 aliphatic heterocycles. The van der Waals surface area contributed by atoms with E-state index in [0.717, 1.165) is 19.6 Å². The first-order valence-corrected chi connectivity index (χ1v) is 7.80. The van der Waals surface area contributed by atoms with Crippen molar-refractivity contribution in [2.24, 2.45) is 0 Å². The van der Waals surface area contributed by atoms with Gasteiger partial charge in [-0.25, -0.2) is 0 Å². The van der Waals surface area contributed by atoms with Crippen molar-refractivity contribution >= 4 is 17.7 Å². The first-order chi connectivity index (χ1) is 8.34. The van der Waals surface area contributed by atoms with Crippen LogP contribution in [0.4, 0.5) is 0 Å². The Morgan fingerprint density at radius 2 is 2.00 bits per heavy atom. The molecular formula is C12H23N3OS. The molecule has 0 aromatic rings. The smallest absolute Gasteiger partial charge is 0.221 e. The molecule has 4 nitrogen and oxygen atoms in total. The highest BCUT2D eigenvalue weighted by molar-refractivity contribution is 7.99. The van der Waals surface area contributed by atoms with Gasteiger partial charge in [-0.3, -0.25) is 4.79 Å². The molecule has 98 valence electrons. The normalized spacial score (nSPS) is 21.4. The Morgan fingerprint density at radius 1 is 1.24 bits per heavy atom. The van der Waals surface area contributed by atoms with Crippen LogP contribution in [0.15, 0.2) is 0 Å². The Morgan fingerprint density at radius 3 is 2.71 bits per heavy atom. The molecule has 0 unspecified atom stereocenters. The molecular weight excluding hydrogens is 234 g/mol. The Hall–Kier alpha value is -0.260. The number of carbonyl (C=O) groups excluding carboxylic acids is 1. The van der Waals surface area contributed by atoms with Gasteiger partial charge in [-0.15, -0.1) is 0 Å². The Labute approximate surface area is 108 Å². The molecule has 1 aliphatic carbocycles. The van der Waals surface area contributed by atoms with Crippen molar-refractivity contribution in [3.63, 3.8) is 0 Å². The van der Waals surface area contributed by atoms with Crippen LogP contribution >= 0.6 is 11.8 Å². The van der Waals surface area contributed by atoms with Crippen LogP contribution < -0.4 is 10.6 Å². The van der Waals surface area contributed by atoms with Gasteiger partial charge in [-0.05, 0) is 12.8 Å².